The van der Waals surface area contributed by atoms with Gasteiger partial charge in [0.25, 0.3) is 0 Å². The number of benzene rings is 3. The van der Waals surface area contributed by atoms with Crippen molar-refractivity contribution in [2.75, 3.05) is 14.2 Å². The Morgan fingerprint density at radius 3 is 1.14 bits per heavy atom. The summed E-state index contributed by atoms with van der Waals surface area (Å²) < 4.78 is 71.4. The number of halogens is 3. The molecule has 1 radical (unpaired) electrons. The van der Waals surface area contributed by atoms with Crippen LogP contribution in [0.3, 0.4) is 0 Å². The smallest absolute Gasteiger partial charge is 0.485 e. The molecule has 3 aromatic carbocycles. The van der Waals surface area contributed by atoms with Crippen molar-refractivity contribution in [3.8, 4) is 11.5 Å². The van der Waals surface area contributed by atoms with Gasteiger partial charge in [0, 0.05) is 41.7 Å². The summed E-state index contributed by atoms with van der Waals surface area (Å²) in [6.07, 6.45) is 16.7. The molecular weight excluding hydrogens is 946 g/mol. The molecule has 0 amide bonds. The first-order chi connectivity index (χ1) is 28.4. The Labute approximate surface area is 394 Å². The van der Waals surface area contributed by atoms with Crippen LogP contribution in [0.4, 0.5) is 13.2 Å². The van der Waals surface area contributed by atoms with Crippen LogP contribution in [0.25, 0.3) is 0 Å². The average molecular weight is 1020 g/mol. The fourth-order valence-corrected chi connectivity index (χ4v) is 14.3. The van der Waals surface area contributed by atoms with E-state index in [-0.39, 0.29) is 49.1 Å². The van der Waals surface area contributed by atoms with Crippen LogP contribution < -0.4 is 30.7 Å². The second-order valence-corrected chi connectivity index (χ2v) is 27.3. The minimum Gasteiger partial charge on any atom is -0.741 e. The molecule has 0 N–H and O–H groups in total. The quantitative estimate of drug-likeness (QED) is 0.0808. The zero-order chi connectivity index (χ0) is 47.2. The van der Waals surface area contributed by atoms with Crippen LogP contribution in [-0.2, 0) is 51.3 Å². The van der Waals surface area contributed by atoms with E-state index in [1.807, 2.05) is 14.2 Å². The van der Waals surface area contributed by atoms with E-state index >= 15 is 0 Å². The minimum absolute atomic E-state index is 0. The van der Waals surface area contributed by atoms with E-state index in [0.29, 0.717) is 0 Å². The molecule has 1 saturated heterocycles. The molecule has 3 aromatic rings. The fraction of sp³-hybridized carbons (Fsp3) is 0.569. The first kappa shape index (κ1) is 57.1. The van der Waals surface area contributed by atoms with Crippen LogP contribution in [0.2, 0.25) is 0 Å². The summed E-state index contributed by atoms with van der Waals surface area (Å²) in [5, 5.41) is 5.96. The van der Waals surface area contributed by atoms with Gasteiger partial charge in [0.15, 0.2) is 10.1 Å². The number of methoxy groups -OCH3 is 2. The van der Waals surface area contributed by atoms with E-state index in [4.69, 9.17) is 22.4 Å². The van der Waals surface area contributed by atoms with Crippen molar-refractivity contribution >= 4 is 47.2 Å². The average Bonchev–Trinajstić information content (AvgIpc) is 3.46. The Morgan fingerprint density at radius 1 is 0.603 bits per heavy atom. The number of alkyl halides is 3. The van der Waals surface area contributed by atoms with Gasteiger partial charge in [-0.3, -0.25) is 0 Å². The van der Waals surface area contributed by atoms with Gasteiger partial charge < -0.3 is 14.0 Å². The van der Waals surface area contributed by atoms with E-state index in [1.165, 1.54) is 76.7 Å². The molecule has 2 aliphatic rings. The Kier molecular flexibility index (Phi) is 20.5. The SMILES string of the molecule is C1=C\CC/C=C\CC/1.COc1c(C(C)(C)C)cc(P(c2cc(C(C)(C)C)c(OC)c(C(C)(C)C)c2)c2ccccc2P2[C@@H](C)CC[C@@H]2C)cc1C(C)(C)C.O=S(=O)([O-])C(F)(F)F.[Rh]. The molecule has 1 aliphatic carbocycles. The van der Waals surface area contributed by atoms with Crippen molar-refractivity contribution in [2.45, 2.75) is 174 Å². The van der Waals surface area contributed by atoms with Gasteiger partial charge in [0.2, 0.25) is 0 Å². The Hall–Kier alpha value is -2.08. The monoisotopic (exact) mass is 1020 g/mol. The summed E-state index contributed by atoms with van der Waals surface area (Å²) >= 11 is 0. The summed E-state index contributed by atoms with van der Waals surface area (Å²) in [6.45, 7) is 32.9. The Balaban J connectivity index is 0.000000673. The van der Waals surface area contributed by atoms with Gasteiger partial charge in [-0.2, -0.15) is 13.2 Å². The maximum atomic E-state index is 10.7. The van der Waals surface area contributed by atoms with Gasteiger partial charge >= 0.3 is 5.51 Å². The van der Waals surface area contributed by atoms with E-state index < -0.39 is 23.5 Å². The van der Waals surface area contributed by atoms with Gasteiger partial charge in [-0.1, -0.05) is 153 Å². The van der Waals surface area contributed by atoms with Crippen molar-refractivity contribution in [3.05, 3.63) is 95.1 Å². The third-order valence-corrected chi connectivity index (χ3v) is 17.8. The molecule has 0 bridgehead atoms. The second-order valence-electron chi connectivity index (χ2n) is 20.7. The van der Waals surface area contributed by atoms with Crippen molar-refractivity contribution in [1.29, 1.82) is 0 Å². The molecule has 5 nitrogen and oxygen atoms in total. The van der Waals surface area contributed by atoms with Gasteiger partial charge in [-0.25, -0.2) is 8.42 Å². The van der Waals surface area contributed by atoms with Crippen LogP contribution in [0, 0.1) is 0 Å². The molecule has 1 heterocycles. The first-order valence-corrected chi connectivity index (χ1v) is 26.0. The van der Waals surface area contributed by atoms with Gasteiger partial charge in [-0.05, 0) is 125 Å². The van der Waals surface area contributed by atoms with E-state index in [0.717, 1.165) is 22.8 Å². The molecule has 355 valence electrons. The number of rotatable bonds is 6. The largest absolute Gasteiger partial charge is 0.741 e. The summed E-state index contributed by atoms with van der Waals surface area (Å²) in [6, 6.07) is 19.5. The molecule has 0 unspecified atom stereocenters. The van der Waals surface area contributed by atoms with Crippen molar-refractivity contribution < 1.29 is 55.1 Å². The number of allylic oxidation sites excluding steroid dienone is 4. The summed E-state index contributed by atoms with van der Waals surface area (Å²) in [4.78, 5) is 0. The third kappa shape index (κ3) is 15.2. The van der Waals surface area contributed by atoms with Crippen LogP contribution >= 0.6 is 15.8 Å². The summed E-state index contributed by atoms with van der Waals surface area (Å²) in [5.41, 5.74) is 0.676. The van der Waals surface area contributed by atoms with Crippen molar-refractivity contribution in [2.24, 2.45) is 0 Å². The van der Waals surface area contributed by atoms with E-state index in [2.05, 4.69) is 170 Å². The predicted octanol–water partition coefficient (Wildman–Crippen LogP) is 13.1. The normalized spacial score (nSPS) is 18.7. The van der Waals surface area contributed by atoms with Crippen molar-refractivity contribution in [1.82, 2.24) is 0 Å². The van der Waals surface area contributed by atoms with E-state index in [1.54, 1.807) is 5.30 Å². The first-order valence-electron chi connectivity index (χ1n) is 21.8. The van der Waals surface area contributed by atoms with Crippen molar-refractivity contribution in [3.63, 3.8) is 0 Å². The number of ether oxygens (including phenoxy) is 2. The molecule has 2 atom stereocenters. The number of hydrogen-bond donors (Lipinski definition) is 0. The molecule has 0 spiro atoms. The zero-order valence-electron chi connectivity index (χ0n) is 40.6. The van der Waals surface area contributed by atoms with E-state index in [9.17, 15) is 13.2 Å². The maximum absolute atomic E-state index is 10.7. The molecule has 1 aliphatic heterocycles. The van der Waals surface area contributed by atoms with Gasteiger partial charge in [0.1, 0.15) is 11.5 Å². The summed E-state index contributed by atoms with van der Waals surface area (Å²) in [7, 11) is -3.57. The van der Waals surface area contributed by atoms with Gasteiger partial charge in [0.05, 0.1) is 14.2 Å². The fourth-order valence-electron chi connectivity index (χ4n) is 7.98. The number of hydrogen-bond acceptors (Lipinski definition) is 5. The molecule has 63 heavy (non-hydrogen) atoms. The van der Waals surface area contributed by atoms with Crippen LogP contribution in [0.15, 0.2) is 72.8 Å². The third-order valence-electron chi connectivity index (χ3n) is 11.3. The summed E-state index contributed by atoms with van der Waals surface area (Å²) in [5.74, 6) is 2.07. The molecule has 1 fully saturated rings. The Bertz CT molecular complexity index is 1950. The molecule has 0 saturated carbocycles. The molecule has 0 aromatic heterocycles. The Morgan fingerprint density at radius 2 is 0.889 bits per heavy atom. The van der Waals surface area contributed by atoms with Crippen LogP contribution in [0.5, 0.6) is 11.5 Å². The van der Waals surface area contributed by atoms with Crippen LogP contribution in [0.1, 0.15) is 158 Å². The zero-order valence-corrected chi connectivity index (χ0v) is 44.9. The molecular formula is C51H74F3O5P2RhS-. The molecule has 5 rings (SSSR count). The second kappa shape index (κ2) is 22.6. The maximum Gasteiger partial charge on any atom is 0.485 e. The standard InChI is InChI=1S/C42H62O2P2.C8H12.CHF3O3S.Rh/c1-27-21-22-28(2)45(27)35-19-17-18-20-36(35)46(29-23-31(39(3,4)5)37(43-15)32(24-29)40(6,7)8)30-25-33(41(9,10)11)38(44-16)34(26-30)42(12,13)14;1-2-4-6-8-7-5-3-1;2-1(3,4)8(5,6)7;/h17-20,23-28H,21-22H2,1-16H3;1-2,7-8H,3-6H2;(H,5,6,7);/p-1/b;2-1-,8-7-;;/t27-,28-;;;/m0.../s1. The van der Waals surface area contributed by atoms with Gasteiger partial charge in [-0.15, -0.1) is 0 Å². The van der Waals surface area contributed by atoms with Crippen LogP contribution in [-0.4, -0.2) is 44.0 Å². The predicted molar refractivity (Wildman–Crippen MR) is 260 cm³/mol. The molecule has 12 heteroatoms. The minimum atomic E-state index is -6.09. The topological polar surface area (TPSA) is 75.7 Å².